The number of ether oxygens (including phenoxy) is 1. The number of halogens is 1. The predicted molar refractivity (Wildman–Crippen MR) is 105 cm³/mol. The zero-order valence-corrected chi connectivity index (χ0v) is 17.9. The first-order valence-corrected chi connectivity index (χ1v) is 9.65. The molecule has 0 radical (unpaired) electrons. The van der Waals surface area contributed by atoms with Crippen LogP contribution < -0.4 is 26.3 Å². The fourth-order valence-electron chi connectivity index (χ4n) is 3.89. The van der Waals surface area contributed by atoms with Gasteiger partial charge in [-0.15, -0.1) is 0 Å². The highest BCUT2D eigenvalue weighted by molar-refractivity contribution is 5.97. The van der Waals surface area contributed by atoms with Crippen molar-refractivity contribution in [3.63, 3.8) is 0 Å². The Hall–Kier alpha value is -2.40. The van der Waals surface area contributed by atoms with Crippen LogP contribution >= 0.6 is 0 Å². The van der Waals surface area contributed by atoms with E-state index in [9.17, 15) is 4.79 Å². The second kappa shape index (κ2) is 8.74. The smallest absolute Gasteiger partial charge is 0.257 e. The Bertz CT molecular complexity index is 949. The van der Waals surface area contributed by atoms with Crippen LogP contribution in [-0.2, 0) is 13.0 Å². The number of imidazole rings is 1. The van der Waals surface area contributed by atoms with Gasteiger partial charge < -0.3 is 21.7 Å². The maximum atomic E-state index is 13.1. The Kier molecular flexibility index (Phi) is 6.35. The van der Waals surface area contributed by atoms with Crippen LogP contribution in [0.2, 0.25) is 0 Å². The number of carbonyl (C=O) groups excluding carboxylic acids is 1. The summed E-state index contributed by atoms with van der Waals surface area (Å²) in [6.45, 7) is 5.58. The van der Waals surface area contributed by atoms with E-state index in [0.717, 1.165) is 30.7 Å². The van der Waals surface area contributed by atoms with E-state index in [4.69, 9.17) is 4.74 Å². The molecule has 0 bridgehead atoms. The molecular formula is C23H25BrN2O2. The molecule has 0 amide bonds. The van der Waals surface area contributed by atoms with E-state index in [2.05, 4.69) is 39.6 Å². The standard InChI is InChI=1S/C23H25N2O2.BrH/c1-3-27-20-13-11-19(12-14-20)23(26)17(2)25-16-21(18-8-5-4-6-9-18)24-15-7-10-22(24)25;/h4-6,8-9,11-14,16-17H,3,7,10,15H2,1-2H3;1H/q+1;/p-1. The fourth-order valence-corrected chi connectivity index (χ4v) is 3.89. The summed E-state index contributed by atoms with van der Waals surface area (Å²) in [5, 5.41) is 0. The highest BCUT2D eigenvalue weighted by Crippen LogP contribution is 2.26. The molecule has 1 aliphatic rings. The number of fused-ring (bicyclic) bond motifs is 1. The van der Waals surface area contributed by atoms with Crippen molar-refractivity contribution in [2.24, 2.45) is 0 Å². The normalized spacial score (nSPS) is 13.5. The molecule has 1 atom stereocenters. The van der Waals surface area contributed by atoms with Gasteiger partial charge in [-0.05, 0) is 44.5 Å². The number of carbonyl (C=O) groups is 1. The quantitative estimate of drug-likeness (QED) is 0.426. The summed E-state index contributed by atoms with van der Waals surface area (Å²) >= 11 is 0. The van der Waals surface area contributed by atoms with Gasteiger partial charge in [0, 0.05) is 11.1 Å². The number of Topliss-reactive ketones (excluding diaryl/α,β-unsaturated/α-hetero) is 1. The molecule has 4 nitrogen and oxygen atoms in total. The lowest BCUT2D eigenvalue weighted by atomic mass is 10.0. The molecule has 0 fully saturated rings. The summed E-state index contributed by atoms with van der Waals surface area (Å²) in [4.78, 5) is 13.1. The molecule has 0 saturated heterocycles. The Balaban J connectivity index is 0.00000225. The third-order valence-corrected chi connectivity index (χ3v) is 5.26. The molecule has 146 valence electrons. The minimum Gasteiger partial charge on any atom is -1.00 e. The number of hydrogen-bond donors (Lipinski definition) is 0. The first-order valence-electron chi connectivity index (χ1n) is 9.65. The van der Waals surface area contributed by atoms with E-state index in [0.29, 0.717) is 6.61 Å². The average Bonchev–Trinajstić information content (AvgIpc) is 3.31. The molecule has 0 saturated carbocycles. The third-order valence-electron chi connectivity index (χ3n) is 5.26. The van der Waals surface area contributed by atoms with Gasteiger partial charge in [0.1, 0.15) is 11.9 Å². The Labute approximate surface area is 176 Å². The lowest BCUT2D eigenvalue weighted by Crippen LogP contribution is -3.00. The number of rotatable bonds is 6. The van der Waals surface area contributed by atoms with Gasteiger partial charge in [0.2, 0.25) is 5.78 Å². The average molecular weight is 441 g/mol. The zero-order chi connectivity index (χ0) is 18.8. The number of benzene rings is 2. The predicted octanol–water partition coefficient (Wildman–Crippen LogP) is 1.24. The van der Waals surface area contributed by atoms with E-state index in [1.54, 1.807) is 0 Å². The third kappa shape index (κ3) is 3.76. The molecule has 5 heteroatoms. The minimum absolute atomic E-state index is 0. The summed E-state index contributed by atoms with van der Waals surface area (Å²) in [6.07, 6.45) is 4.27. The van der Waals surface area contributed by atoms with Gasteiger partial charge in [-0.2, -0.15) is 0 Å². The van der Waals surface area contributed by atoms with Crippen molar-refractivity contribution in [3.8, 4) is 17.0 Å². The fraction of sp³-hybridized carbons (Fsp3) is 0.304. The van der Waals surface area contributed by atoms with Crippen LogP contribution in [0.25, 0.3) is 11.3 Å². The van der Waals surface area contributed by atoms with E-state index < -0.39 is 0 Å². The van der Waals surface area contributed by atoms with Crippen molar-refractivity contribution < 1.29 is 31.1 Å². The van der Waals surface area contributed by atoms with E-state index in [1.165, 1.54) is 17.1 Å². The van der Waals surface area contributed by atoms with E-state index in [-0.39, 0.29) is 28.8 Å². The summed E-state index contributed by atoms with van der Waals surface area (Å²) in [7, 11) is 0. The molecule has 2 aromatic carbocycles. The van der Waals surface area contributed by atoms with Crippen LogP contribution in [0, 0.1) is 0 Å². The van der Waals surface area contributed by atoms with Gasteiger partial charge in [0.15, 0.2) is 11.7 Å². The first kappa shape index (κ1) is 20.3. The first-order chi connectivity index (χ1) is 13.2. The summed E-state index contributed by atoms with van der Waals surface area (Å²) in [5.74, 6) is 2.16. The zero-order valence-electron chi connectivity index (χ0n) is 16.3. The molecule has 2 heterocycles. The Morgan fingerprint density at radius 2 is 1.86 bits per heavy atom. The summed E-state index contributed by atoms with van der Waals surface area (Å²) in [6, 6.07) is 17.6. The Morgan fingerprint density at radius 1 is 1.14 bits per heavy atom. The maximum absolute atomic E-state index is 13.1. The summed E-state index contributed by atoms with van der Waals surface area (Å²) in [5.41, 5.74) is 3.10. The second-order valence-electron chi connectivity index (χ2n) is 6.96. The molecule has 4 rings (SSSR count). The maximum Gasteiger partial charge on any atom is 0.257 e. The number of nitrogens with zero attached hydrogens (tertiary/aromatic N) is 2. The summed E-state index contributed by atoms with van der Waals surface area (Å²) < 4.78 is 10.00. The van der Waals surface area contributed by atoms with E-state index in [1.807, 2.05) is 44.2 Å². The molecule has 1 unspecified atom stereocenters. The van der Waals surface area contributed by atoms with Crippen molar-refractivity contribution >= 4 is 5.78 Å². The van der Waals surface area contributed by atoms with Gasteiger partial charge in [-0.25, -0.2) is 9.13 Å². The minimum atomic E-state index is -0.236. The lowest BCUT2D eigenvalue weighted by molar-refractivity contribution is -0.710. The number of hydrogen-bond acceptors (Lipinski definition) is 2. The van der Waals surface area contributed by atoms with Crippen LogP contribution in [0.1, 0.15) is 42.5 Å². The molecule has 0 aliphatic carbocycles. The van der Waals surface area contributed by atoms with Gasteiger partial charge in [0.25, 0.3) is 5.82 Å². The number of aromatic nitrogens is 2. The molecule has 0 N–H and O–H groups in total. The monoisotopic (exact) mass is 440 g/mol. The van der Waals surface area contributed by atoms with Crippen LogP contribution in [0.5, 0.6) is 5.75 Å². The van der Waals surface area contributed by atoms with Crippen LogP contribution in [0.3, 0.4) is 0 Å². The highest BCUT2D eigenvalue weighted by atomic mass is 79.9. The largest absolute Gasteiger partial charge is 1.00 e. The van der Waals surface area contributed by atoms with Crippen LogP contribution in [0.4, 0.5) is 0 Å². The van der Waals surface area contributed by atoms with Gasteiger partial charge in [-0.1, -0.05) is 30.3 Å². The van der Waals surface area contributed by atoms with Gasteiger partial charge in [-0.3, -0.25) is 4.79 Å². The molecule has 0 spiro atoms. The van der Waals surface area contributed by atoms with Crippen molar-refractivity contribution in [1.29, 1.82) is 0 Å². The molecule has 1 aromatic heterocycles. The van der Waals surface area contributed by atoms with Crippen LogP contribution in [-0.4, -0.2) is 17.0 Å². The van der Waals surface area contributed by atoms with Crippen LogP contribution in [0.15, 0.2) is 60.8 Å². The number of ketones is 1. The highest BCUT2D eigenvalue weighted by Gasteiger charge is 2.33. The topological polar surface area (TPSA) is 35.1 Å². The Morgan fingerprint density at radius 3 is 2.54 bits per heavy atom. The molecule has 3 aromatic rings. The molecular weight excluding hydrogens is 416 g/mol. The molecule has 1 aliphatic heterocycles. The van der Waals surface area contributed by atoms with E-state index >= 15 is 0 Å². The van der Waals surface area contributed by atoms with Crippen molar-refractivity contribution in [3.05, 3.63) is 72.2 Å². The molecule has 28 heavy (non-hydrogen) atoms. The van der Waals surface area contributed by atoms with Gasteiger partial charge in [0.05, 0.1) is 19.6 Å². The lowest BCUT2D eigenvalue weighted by Gasteiger charge is -2.10. The SMILES string of the molecule is CCOc1ccc(C(=O)C(C)[n+]2cc(-c3ccccc3)n3c2CCC3)cc1.[Br-]. The van der Waals surface area contributed by atoms with Crippen molar-refractivity contribution in [2.45, 2.75) is 39.3 Å². The second-order valence-corrected chi connectivity index (χ2v) is 6.96. The van der Waals surface area contributed by atoms with Crippen molar-refractivity contribution in [1.82, 2.24) is 4.57 Å². The van der Waals surface area contributed by atoms with Gasteiger partial charge >= 0.3 is 0 Å². The van der Waals surface area contributed by atoms with Crippen molar-refractivity contribution in [2.75, 3.05) is 6.61 Å².